The van der Waals surface area contributed by atoms with Crippen LogP contribution in [0.1, 0.15) is 12.5 Å². The van der Waals surface area contributed by atoms with Gasteiger partial charge in [-0.3, -0.25) is 13.9 Å². The number of methoxy groups -OCH3 is 1. The van der Waals surface area contributed by atoms with Crippen molar-refractivity contribution in [3.05, 3.63) is 90.2 Å². The highest BCUT2D eigenvalue weighted by atomic mass is 32.2. The molecule has 1 atom stereocenters. The van der Waals surface area contributed by atoms with Gasteiger partial charge >= 0.3 is 0 Å². The maximum absolute atomic E-state index is 13.6. The highest BCUT2D eigenvalue weighted by Crippen LogP contribution is 2.25. The van der Waals surface area contributed by atoms with E-state index in [0.717, 1.165) is 16.4 Å². The van der Waals surface area contributed by atoms with Gasteiger partial charge in [-0.25, -0.2) is 12.8 Å². The minimum absolute atomic E-state index is 0.0270. The number of rotatable bonds is 10. The summed E-state index contributed by atoms with van der Waals surface area (Å²) in [5.74, 6) is -0.995. The standard InChI is InChI=1S/C26H28FN3O5S/c1-19(26(32)28-2)29(17-20-8-7-9-23(16-20)35-3)25(31)18-30(22-14-12-21(27)13-15-22)36(33,34)24-10-5-4-6-11-24/h4-16,19H,17-18H2,1-3H3,(H,28,32). The van der Waals surface area contributed by atoms with E-state index in [1.165, 1.54) is 43.3 Å². The van der Waals surface area contributed by atoms with Gasteiger partial charge in [-0.15, -0.1) is 0 Å². The Labute approximate surface area is 210 Å². The lowest BCUT2D eigenvalue weighted by atomic mass is 10.1. The molecule has 0 aromatic heterocycles. The van der Waals surface area contributed by atoms with Crippen LogP contribution in [0.3, 0.4) is 0 Å². The van der Waals surface area contributed by atoms with Gasteiger partial charge in [0.2, 0.25) is 11.8 Å². The number of benzene rings is 3. The van der Waals surface area contributed by atoms with E-state index < -0.39 is 40.2 Å². The van der Waals surface area contributed by atoms with Gasteiger partial charge in [-0.05, 0) is 61.0 Å². The van der Waals surface area contributed by atoms with Crippen LogP contribution in [0.5, 0.6) is 5.75 Å². The van der Waals surface area contributed by atoms with E-state index in [4.69, 9.17) is 4.74 Å². The number of hydrogen-bond donors (Lipinski definition) is 1. The fourth-order valence-corrected chi connectivity index (χ4v) is 5.05. The first-order valence-corrected chi connectivity index (χ1v) is 12.6. The van der Waals surface area contributed by atoms with E-state index in [-0.39, 0.29) is 17.1 Å². The molecule has 0 fully saturated rings. The number of hydrogen-bond acceptors (Lipinski definition) is 5. The molecule has 0 aliphatic carbocycles. The summed E-state index contributed by atoms with van der Waals surface area (Å²) >= 11 is 0. The molecule has 1 N–H and O–H groups in total. The van der Waals surface area contributed by atoms with Crippen LogP contribution < -0.4 is 14.4 Å². The second kappa shape index (κ2) is 11.7. The van der Waals surface area contributed by atoms with Gasteiger partial charge in [-0.2, -0.15) is 0 Å². The number of carbonyl (C=O) groups is 2. The molecule has 0 saturated heterocycles. The summed E-state index contributed by atoms with van der Waals surface area (Å²) < 4.78 is 46.9. The Morgan fingerprint density at radius 3 is 2.28 bits per heavy atom. The molecule has 0 bridgehead atoms. The Hall–Kier alpha value is -3.92. The minimum atomic E-state index is -4.19. The van der Waals surface area contributed by atoms with Gasteiger partial charge in [0, 0.05) is 13.6 Å². The van der Waals surface area contributed by atoms with E-state index in [0.29, 0.717) is 11.3 Å². The van der Waals surface area contributed by atoms with Gasteiger partial charge in [0.15, 0.2) is 0 Å². The largest absolute Gasteiger partial charge is 0.497 e. The van der Waals surface area contributed by atoms with Crippen LogP contribution in [0.15, 0.2) is 83.8 Å². The lowest BCUT2D eigenvalue weighted by Crippen LogP contribution is -2.50. The predicted octanol–water partition coefficient (Wildman–Crippen LogP) is 3.19. The zero-order valence-corrected chi connectivity index (χ0v) is 21.0. The minimum Gasteiger partial charge on any atom is -0.497 e. The number of carbonyl (C=O) groups excluding carboxylic acids is 2. The molecular formula is C26H28FN3O5S. The lowest BCUT2D eigenvalue weighted by molar-refractivity contribution is -0.139. The molecule has 190 valence electrons. The SMILES string of the molecule is CNC(=O)C(C)N(Cc1cccc(OC)c1)C(=O)CN(c1ccc(F)cc1)S(=O)(=O)c1ccccc1. The van der Waals surface area contributed by atoms with Crippen molar-refractivity contribution in [3.8, 4) is 5.75 Å². The van der Waals surface area contributed by atoms with Crippen LogP contribution in [-0.4, -0.2) is 51.9 Å². The predicted molar refractivity (Wildman–Crippen MR) is 134 cm³/mol. The molecule has 0 saturated carbocycles. The Morgan fingerprint density at radius 2 is 1.67 bits per heavy atom. The van der Waals surface area contributed by atoms with E-state index in [2.05, 4.69) is 5.32 Å². The average molecular weight is 514 g/mol. The highest BCUT2D eigenvalue weighted by molar-refractivity contribution is 7.92. The van der Waals surface area contributed by atoms with Crippen molar-refractivity contribution in [3.63, 3.8) is 0 Å². The number of ether oxygens (including phenoxy) is 1. The van der Waals surface area contributed by atoms with E-state index in [1.54, 1.807) is 49.4 Å². The molecule has 0 heterocycles. The first kappa shape index (κ1) is 26.7. The van der Waals surface area contributed by atoms with Crippen molar-refractivity contribution in [2.45, 2.75) is 24.4 Å². The molecule has 8 nitrogen and oxygen atoms in total. The molecule has 0 aliphatic heterocycles. The normalized spacial score (nSPS) is 11.9. The topological polar surface area (TPSA) is 96.0 Å². The van der Waals surface area contributed by atoms with Crippen LogP contribution in [0.4, 0.5) is 10.1 Å². The molecule has 2 amide bonds. The quantitative estimate of drug-likeness (QED) is 0.449. The summed E-state index contributed by atoms with van der Waals surface area (Å²) in [5, 5.41) is 2.52. The van der Waals surface area contributed by atoms with Gasteiger partial charge in [-0.1, -0.05) is 30.3 Å². The van der Waals surface area contributed by atoms with Crippen LogP contribution in [-0.2, 0) is 26.2 Å². The first-order chi connectivity index (χ1) is 17.2. The molecule has 3 aromatic carbocycles. The number of likely N-dealkylation sites (N-methyl/N-ethyl adjacent to an activating group) is 1. The fraction of sp³-hybridized carbons (Fsp3) is 0.231. The van der Waals surface area contributed by atoms with Crippen molar-refractivity contribution in [2.24, 2.45) is 0 Å². The average Bonchev–Trinajstić information content (AvgIpc) is 2.90. The molecular weight excluding hydrogens is 485 g/mol. The third-order valence-electron chi connectivity index (χ3n) is 5.63. The number of amides is 2. The van der Waals surface area contributed by atoms with Crippen molar-refractivity contribution < 1.29 is 27.1 Å². The number of anilines is 1. The van der Waals surface area contributed by atoms with Gasteiger partial charge in [0.25, 0.3) is 10.0 Å². The summed E-state index contributed by atoms with van der Waals surface area (Å²) in [6.45, 7) is 0.992. The van der Waals surface area contributed by atoms with Gasteiger partial charge in [0.1, 0.15) is 24.2 Å². The monoisotopic (exact) mass is 513 g/mol. The lowest BCUT2D eigenvalue weighted by Gasteiger charge is -2.31. The van der Waals surface area contributed by atoms with Crippen LogP contribution in [0.25, 0.3) is 0 Å². The van der Waals surface area contributed by atoms with Crippen molar-refractivity contribution >= 4 is 27.5 Å². The third-order valence-corrected chi connectivity index (χ3v) is 7.41. The Balaban J connectivity index is 2.01. The van der Waals surface area contributed by atoms with E-state index >= 15 is 0 Å². The Bertz CT molecular complexity index is 1300. The van der Waals surface area contributed by atoms with Crippen LogP contribution in [0, 0.1) is 5.82 Å². The van der Waals surface area contributed by atoms with Crippen LogP contribution >= 0.6 is 0 Å². The summed E-state index contributed by atoms with van der Waals surface area (Å²) in [4.78, 5) is 27.4. The molecule has 10 heteroatoms. The Kier molecular flexibility index (Phi) is 8.65. The maximum Gasteiger partial charge on any atom is 0.264 e. The molecule has 36 heavy (non-hydrogen) atoms. The number of nitrogens with one attached hydrogen (secondary N) is 1. The Morgan fingerprint density at radius 1 is 1.00 bits per heavy atom. The van der Waals surface area contributed by atoms with E-state index in [1.807, 2.05) is 0 Å². The molecule has 0 aliphatic rings. The second-order valence-electron chi connectivity index (χ2n) is 7.96. The van der Waals surface area contributed by atoms with Gasteiger partial charge in [0.05, 0.1) is 17.7 Å². The number of sulfonamides is 1. The third kappa shape index (κ3) is 6.19. The number of nitrogens with zero attached hydrogens (tertiary/aromatic N) is 2. The smallest absolute Gasteiger partial charge is 0.264 e. The van der Waals surface area contributed by atoms with E-state index in [9.17, 15) is 22.4 Å². The zero-order valence-electron chi connectivity index (χ0n) is 20.2. The summed E-state index contributed by atoms with van der Waals surface area (Å²) in [6, 6.07) is 18.6. The highest BCUT2D eigenvalue weighted by Gasteiger charge is 2.32. The summed E-state index contributed by atoms with van der Waals surface area (Å²) in [6.07, 6.45) is 0. The maximum atomic E-state index is 13.6. The first-order valence-electron chi connectivity index (χ1n) is 11.1. The zero-order chi connectivity index (χ0) is 26.3. The van der Waals surface area contributed by atoms with Crippen molar-refractivity contribution in [1.82, 2.24) is 10.2 Å². The fourth-order valence-electron chi connectivity index (χ4n) is 3.61. The summed E-state index contributed by atoms with van der Waals surface area (Å²) in [7, 11) is -1.21. The number of halogens is 1. The summed E-state index contributed by atoms with van der Waals surface area (Å²) in [5.41, 5.74) is 0.806. The molecule has 3 aromatic rings. The van der Waals surface area contributed by atoms with Crippen molar-refractivity contribution in [2.75, 3.05) is 25.0 Å². The second-order valence-corrected chi connectivity index (χ2v) is 9.83. The van der Waals surface area contributed by atoms with Gasteiger partial charge < -0.3 is 15.0 Å². The molecule has 0 spiro atoms. The van der Waals surface area contributed by atoms with Crippen molar-refractivity contribution in [1.29, 1.82) is 0 Å². The molecule has 3 rings (SSSR count). The van der Waals surface area contributed by atoms with Crippen LogP contribution in [0.2, 0.25) is 0 Å². The molecule has 0 radical (unpaired) electrons. The molecule has 1 unspecified atom stereocenters.